The Labute approximate surface area is 118 Å². The smallest absolute Gasteiger partial charge is 0.244 e. The zero-order chi connectivity index (χ0) is 14.8. The van der Waals surface area contributed by atoms with Crippen LogP contribution in [0.1, 0.15) is 24.8 Å². The van der Waals surface area contributed by atoms with E-state index in [4.69, 9.17) is 10.9 Å². The highest BCUT2D eigenvalue weighted by atomic mass is 32.2. The van der Waals surface area contributed by atoms with Crippen LogP contribution in [-0.4, -0.2) is 36.4 Å². The van der Waals surface area contributed by atoms with Gasteiger partial charge in [-0.2, -0.15) is 4.31 Å². The molecule has 1 aliphatic rings. The molecule has 1 aromatic rings. The van der Waals surface area contributed by atoms with Gasteiger partial charge in [-0.05, 0) is 31.4 Å². The molecule has 20 heavy (non-hydrogen) atoms. The third kappa shape index (κ3) is 2.64. The van der Waals surface area contributed by atoms with Crippen LogP contribution in [0.25, 0.3) is 0 Å². The van der Waals surface area contributed by atoms with Gasteiger partial charge in [0, 0.05) is 6.54 Å². The molecule has 3 N–H and O–H groups in total. The van der Waals surface area contributed by atoms with Crippen molar-refractivity contribution in [3.05, 3.63) is 29.8 Å². The molecule has 0 aliphatic carbocycles. The van der Waals surface area contributed by atoms with Gasteiger partial charge < -0.3 is 10.9 Å². The van der Waals surface area contributed by atoms with Crippen LogP contribution in [0.2, 0.25) is 0 Å². The van der Waals surface area contributed by atoms with E-state index in [-0.39, 0.29) is 10.7 Å². The fourth-order valence-electron chi connectivity index (χ4n) is 2.53. The lowest BCUT2D eigenvalue weighted by Gasteiger charge is -2.34. The first-order valence-electron chi connectivity index (χ1n) is 6.53. The Morgan fingerprint density at radius 1 is 1.40 bits per heavy atom. The number of hydrogen-bond acceptors (Lipinski definition) is 4. The largest absolute Gasteiger partial charge is 0.409 e. The minimum absolute atomic E-state index is 0.0538. The molecule has 2 rings (SSSR count). The summed E-state index contributed by atoms with van der Waals surface area (Å²) in [6, 6.07) is 6.27. The number of rotatable bonds is 3. The summed E-state index contributed by atoms with van der Waals surface area (Å²) in [7, 11) is -3.64. The minimum atomic E-state index is -3.64. The van der Waals surface area contributed by atoms with Crippen LogP contribution < -0.4 is 5.73 Å². The van der Waals surface area contributed by atoms with Gasteiger partial charge in [0.1, 0.15) is 0 Å². The van der Waals surface area contributed by atoms with E-state index in [9.17, 15) is 8.42 Å². The van der Waals surface area contributed by atoms with E-state index in [0.717, 1.165) is 12.8 Å². The number of benzene rings is 1. The van der Waals surface area contributed by atoms with Gasteiger partial charge in [-0.25, -0.2) is 8.42 Å². The van der Waals surface area contributed by atoms with Crippen LogP contribution >= 0.6 is 0 Å². The van der Waals surface area contributed by atoms with E-state index >= 15 is 0 Å². The molecule has 1 saturated heterocycles. The molecule has 0 bridgehead atoms. The molecule has 0 saturated carbocycles. The van der Waals surface area contributed by atoms with E-state index in [2.05, 4.69) is 5.16 Å². The fraction of sp³-hybridized carbons (Fsp3) is 0.462. The third-order valence-electron chi connectivity index (χ3n) is 3.59. The van der Waals surface area contributed by atoms with Crippen LogP contribution in [-0.2, 0) is 10.0 Å². The molecule has 1 unspecified atom stereocenters. The van der Waals surface area contributed by atoms with E-state index in [1.807, 2.05) is 0 Å². The van der Waals surface area contributed by atoms with Crippen LogP contribution in [0.3, 0.4) is 0 Å². The number of nitrogens with two attached hydrogens (primary N) is 1. The topological polar surface area (TPSA) is 96.0 Å². The Bertz CT molecular complexity index is 613. The summed E-state index contributed by atoms with van der Waals surface area (Å²) >= 11 is 0. The Balaban J connectivity index is 2.44. The first-order valence-corrected chi connectivity index (χ1v) is 7.97. The van der Waals surface area contributed by atoms with Crippen molar-refractivity contribution in [1.29, 1.82) is 0 Å². The van der Waals surface area contributed by atoms with Crippen LogP contribution in [0, 0.1) is 6.92 Å². The predicted octanol–water partition coefficient (Wildman–Crippen LogP) is 1.28. The van der Waals surface area contributed by atoms with Crippen molar-refractivity contribution in [2.45, 2.75) is 37.1 Å². The van der Waals surface area contributed by atoms with Gasteiger partial charge in [0.2, 0.25) is 10.0 Å². The third-order valence-corrected chi connectivity index (χ3v) is 5.66. The van der Waals surface area contributed by atoms with Crippen molar-refractivity contribution in [1.82, 2.24) is 4.31 Å². The number of sulfonamides is 1. The molecule has 0 aromatic heterocycles. The lowest BCUT2D eigenvalue weighted by molar-refractivity contribution is 0.281. The lowest BCUT2D eigenvalue weighted by atomic mass is 10.0. The molecule has 110 valence electrons. The summed E-state index contributed by atoms with van der Waals surface area (Å²) in [5, 5.41) is 11.8. The van der Waals surface area contributed by atoms with Gasteiger partial charge in [-0.15, -0.1) is 0 Å². The summed E-state index contributed by atoms with van der Waals surface area (Å²) in [5.74, 6) is -0.0538. The number of piperidine rings is 1. The maximum Gasteiger partial charge on any atom is 0.244 e. The highest BCUT2D eigenvalue weighted by molar-refractivity contribution is 7.89. The fourth-order valence-corrected chi connectivity index (χ4v) is 4.42. The Kier molecular flexibility index (Phi) is 4.29. The van der Waals surface area contributed by atoms with Gasteiger partial charge in [-0.1, -0.05) is 29.8 Å². The van der Waals surface area contributed by atoms with E-state index < -0.39 is 16.1 Å². The summed E-state index contributed by atoms with van der Waals surface area (Å²) in [6.45, 7) is 2.15. The minimum Gasteiger partial charge on any atom is -0.409 e. The summed E-state index contributed by atoms with van der Waals surface area (Å²) in [4.78, 5) is 0.276. The van der Waals surface area contributed by atoms with E-state index in [1.165, 1.54) is 4.31 Å². The van der Waals surface area contributed by atoms with Crippen LogP contribution in [0.4, 0.5) is 0 Å². The van der Waals surface area contributed by atoms with Crippen molar-refractivity contribution >= 4 is 15.9 Å². The highest BCUT2D eigenvalue weighted by Gasteiger charge is 2.36. The number of amidine groups is 1. The normalized spacial score (nSPS) is 21.9. The molecular formula is C13H19N3O3S. The van der Waals surface area contributed by atoms with Gasteiger partial charge in [0.25, 0.3) is 0 Å². The molecule has 6 nitrogen and oxygen atoms in total. The number of hydrogen-bond donors (Lipinski definition) is 2. The Hall–Kier alpha value is -1.60. The Morgan fingerprint density at radius 2 is 2.10 bits per heavy atom. The monoisotopic (exact) mass is 297 g/mol. The zero-order valence-electron chi connectivity index (χ0n) is 11.4. The Morgan fingerprint density at radius 3 is 2.75 bits per heavy atom. The molecule has 1 atom stereocenters. The van der Waals surface area contributed by atoms with Crippen molar-refractivity contribution in [2.75, 3.05) is 6.54 Å². The van der Waals surface area contributed by atoms with Gasteiger partial charge in [0.15, 0.2) is 5.84 Å². The molecule has 7 heteroatoms. The standard InChI is InChI=1S/C13H19N3O3S/c1-10-6-2-3-8-12(10)20(18,19)16-9-5-4-7-11(16)13(14)15-17/h2-3,6,8,11,17H,4-5,7,9H2,1H3,(H2,14,15). The predicted molar refractivity (Wildman–Crippen MR) is 76.1 cm³/mol. The second-order valence-corrected chi connectivity index (χ2v) is 6.78. The van der Waals surface area contributed by atoms with Gasteiger partial charge in [0.05, 0.1) is 10.9 Å². The SMILES string of the molecule is Cc1ccccc1S(=O)(=O)N1CCCCC1C(N)=NO. The second kappa shape index (κ2) is 5.80. The molecule has 1 aliphatic heterocycles. The first kappa shape index (κ1) is 14.8. The van der Waals surface area contributed by atoms with Gasteiger partial charge in [-0.3, -0.25) is 0 Å². The summed E-state index contributed by atoms with van der Waals surface area (Å²) < 4.78 is 26.9. The first-order chi connectivity index (χ1) is 9.48. The quantitative estimate of drug-likeness (QED) is 0.380. The molecule has 0 amide bonds. The molecule has 0 spiro atoms. The number of oxime groups is 1. The zero-order valence-corrected chi connectivity index (χ0v) is 12.2. The van der Waals surface area contributed by atoms with Crippen LogP contribution in [0.15, 0.2) is 34.3 Å². The maximum absolute atomic E-state index is 12.8. The molecule has 0 radical (unpaired) electrons. The van der Waals surface area contributed by atoms with E-state index in [0.29, 0.717) is 18.5 Å². The molecule has 1 aromatic carbocycles. The summed E-state index contributed by atoms with van der Waals surface area (Å²) in [6.07, 6.45) is 2.21. The van der Waals surface area contributed by atoms with Crippen molar-refractivity contribution in [2.24, 2.45) is 10.9 Å². The van der Waals surface area contributed by atoms with E-state index in [1.54, 1.807) is 31.2 Å². The second-order valence-electron chi connectivity index (χ2n) is 4.92. The summed E-state index contributed by atoms with van der Waals surface area (Å²) in [5.41, 5.74) is 6.34. The maximum atomic E-state index is 12.8. The molecule has 1 heterocycles. The highest BCUT2D eigenvalue weighted by Crippen LogP contribution is 2.27. The van der Waals surface area contributed by atoms with Gasteiger partial charge >= 0.3 is 0 Å². The molecule has 1 fully saturated rings. The molecular weight excluding hydrogens is 278 g/mol. The average molecular weight is 297 g/mol. The lowest BCUT2D eigenvalue weighted by Crippen LogP contribution is -2.50. The van der Waals surface area contributed by atoms with Crippen molar-refractivity contribution in [3.63, 3.8) is 0 Å². The van der Waals surface area contributed by atoms with Crippen molar-refractivity contribution < 1.29 is 13.6 Å². The number of aryl methyl sites for hydroxylation is 1. The average Bonchev–Trinajstić information content (AvgIpc) is 2.46. The van der Waals surface area contributed by atoms with Crippen LogP contribution in [0.5, 0.6) is 0 Å². The van der Waals surface area contributed by atoms with Crippen molar-refractivity contribution in [3.8, 4) is 0 Å². The number of nitrogens with zero attached hydrogens (tertiary/aromatic N) is 2.